The lowest BCUT2D eigenvalue weighted by molar-refractivity contribution is -0.115. The SMILES string of the molecule is Cn1c(=O)[nH]c2cc(N=C(c3ccccc3)C3C(=O)Nc4ccccc43)ccc21. The molecule has 6 heteroatoms. The zero-order valence-electron chi connectivity index (χ0n) is 15.7. The zero-order valence-corrected chi connectivity index (χ0v) is 15.7. The van der Waals surface area contributed by atoms with Crippen molar-refractivity contribution in [1.29, 1.82) is 0 Å². The number of aryl methyl sites for hydroxylation is 1. The number of carbonyl (C=O) groups is 1. The van der Waals surface area contributed by atoms with Crippen molar-refractivity contribution >= 4 is 34.0 Å². The molecule has 2 N–H and O–H groups in total. The van der Waals surface area contributed by atoms with Crippen LogP contribution >= 0.6 is 0 Å². The molecule has 1 aliphatic rings. The van der Waals surface area contributed by atoms with Crippen molar-refractivity contribution in [2.45, 2.75) is 5.92 Å². The van der Waals surface area contributed by atoms with Crippen molar-refractivity contribution in [2.24, 2.45) is 12.0 Å². The Hall–Kier alpha value is -3.93. The summed E-state index contributed by atoms with van der Waals surface area (Å²) in [6, 6.07) is 22.9. The van der Waals surface area contributed by atoms with E-state index in [2.05, 4.69) is 10.3 Å². The van der Waals surface area contributed by atoms with E-state index in [1.807, 2.05) is 72.8 Å². The molecule has 0 saturated heterocycles. The van der Waals surface area contributed by atoms with Crippen LogP contribution in [-0.4, -0.2) is 21.2 Å². The summed E-state index contributed by atoms with van der Waals surface area (Å²) in [7, 11) is 1.72. The molecule has 0 radical (unpaired) electrons. The van der Waals surface area contributed by atoms with E-state index in [1.54, 1.807) is 11.6 Å². The van der Waals surface area contributed by atoms with Crippen LogP contribution < -0.4 is 11.0 Å². The van der Waals surface area contributed by atoms with Gasteiger partial charge in [-0.15, -0.1) is 0 Å². The Morgan fingerprint density at radius 1 is 0.966 bits per heavy atom. The molecule has 3 aromatic carbocycles. The zero-order chi connectivity index (χ0) is 20.0. The van der Waals surface area contributed by atoms with Gasteiger partial charge >= 0.3 is 5.69 Å². The summed E-state index contributed by atoms with van der Waals surface area (Å²) in [6.07, 6.45) is 0. The summed E-state index contributed by atoms with van der Waals surface area (Å²) >= 11 is 0. The lowest BCUT2D eigenvalue weighted by atomic mass is 9.90. The maximum Gasteiger partial charge on any atom is 0.326 e. The summed E-state index contributed by atoms with van der Waals surface area (Å²) in [5.74, 6) is -0.595. The normalized spacial score (nSPS) is 16.1. The van der Waals surface area contributed by atoms with Gasteiger partial charge in [0.05, 0.1) is 22.4 Å². The minimum atomic E-state index is -0.501. The van der Waals surface area contributed by atoms with Gasteiger partial charge in [-0.05, 0) is 35.4 Å². The number of rotatable bonds is 3. The minimum absolute atomic E-state index is 0.0944. The molecule has 142 valence electrons. The third-order valence-corrected chi connectivity index (χ3v) is 5.27. The topological polar surface area (TPSA) is 79.2 Å². The van der Waals surface area contributed by atoms with Crippen molar-refractivity contribution < 1.29 is 4.79 Å². The van der Waals surface area contributed by atoms with E-state index in [9.17, 15) is 9.59 Å². The molecule has 1 aliphatic heterocycles. The highest BCUT2D eigenvalue weighted by Crippen LogP contribution is 2.36. The van der Waals surface area contributed by atoms with Crippen molar-refractivity contribution in [3.05, 3.63) is 94.4 Å². The Kier molecular flexibility index (Phi) is 3.91. The predicted molar refractivity (Wildman–Crippen MR) is 114 cm³/mol. The van der Waals surface area contributed by atoms with Gasteiger partial charge in [-0.1, -0.05) is 48.5 Å². The molecule has 5 rings (SSSR count). The van der Waals surface area contributed by atoms with Crippen LogP contribution in [0.1, 0.15) is 17.0 Å². The third kappa shape index (κ3) is 2.86. The number of para-hydroxylation sites is 1. The van der Waals surface area contributed by atoms with E-state index in [0.29, 0.717) is 16.9 Å². The van der Waals surface area contributed by atoms with Gasteiger partial charge in [-0.25, -0.2) is 4.79 Å². The van der Waals surface area contributed by atoms with Gasteiger partial charge < -0.3 is 10.3 Å². The molecule has 2 heterocycles. The van der Waals surface area contributed by atoms with Gasteiger partial charge in [0.2, 0.25) is 5.91 Å². The Labute approximate surface area is 166 Å². The first-order valence-corrected chi connectivity index (χ1v) is 9.34. The molecule has 0 fully saturated rings. The minimum Gasteiger partial charge on any atom is -0.325 e. The molecule has 29 heavy (non-hydrogen) atoms. The van der Waals surface area contributed by atoms with Gasteiger partial charge in [-0.2, -0.15) is 0 Å². The number of hydrogen-bond acceptors (Lipinski definition) is 3. The lowest BCUT2D eigenvalue weighted by Gasteiger charge is -2.14. The Morgan fingerprint density at radius 2 is 1.72 bits per heavy atom. The maximum atomic E-state index is 12.9. The molecule has 0 aliphatic carbocycles. The summed E-state index contributed by atoms with van der Waals surface area (Å²) < 4.78 is 1.56. The molecule has 1 aromatic heterocycles. The van der Waals surface area contributed by atoms with Gasteiger partial charge in [0.1, 0.15) is 5.92 Å². The number of aromatic nitrogens is 2. The Morgan fingerprint density at radius 3 is 2.55 bits per heavy atom. The number of nitrogens with zero attached hydrogens (tertiary/aromatic N) is 2. The summed E-state index contributed by atoms with van der Waals surface area (Å²) in [6.45, 7) is 0. The quantitative estimate of drug-likeness (QED) is 0.530. The summed E-state index contributed by atoms with van der Waals surface area (Å²) in [5.41, 5.74) is 5.30. The standard InChI is InChI=1S/C23H18N4O2/c1-27-19-12-11-15(13-18(19)26-23(27)29)24-21(14-7-3-2-4-8-14)20-16-9-5-6-10-17(16)25-22(20)28/h2-13,20H,1H3,(H,25,28)(H,26,29). The highest BCUT2D eigenvalue weighted by atomic mass is 16.2. The Balaban J connectivity index is 1.70. The first-order valence-electron chi connectivity index (χ1n) is 9.34. The number of imidazole rings is 1. The average molecular weight is 382 g/mol. The van der Waals surface area contributed by atoms with Crippen LogP contribution in [0.3, 0.4) is 0 Å². The number of hydrogen-bond donors (Lipinski definition) is 2. The second kappa shape index (κ2) is 6.60. The largest absolute Gasteiger partial charge is 0.326 e. The van der Waals surface area contributed by atoms with E-state index in [1.165, 1.54) is 0 Å². The van der Waals surface area contributed by atoms with Crippen LogP contribution in [0.5, 0.6) is 0 Å². The van der Waals surface area contributed by atoms with Crippen LogP contribution in [0.15, 0.2) is 82.6 Å². The molecule has 1 unspecified atom stereocenters. The molecular weight excluding hydrogens is 364 g/mol. The average Bonchev–Trinajstić information content (AvgIpc) is 3.22. The number of carbonyl (C=O) groups excluding carboxylic acids is 1. The summed E-state index contributed by atoms with van der Waals surface area (Å²) in [5, 5.41) is 2.95. The first kappa shape index (κ1) is 17.2. The highest BCUT2D eigenvalue weighted by molar-refractivity contribution is 6.24. The molecule has 4 aromatic rings. The lowest BCUT2D eigenvalue weighted by Crippen LogP contribution is -2.21. The van der Waals surface area contributed by atoms with Crippen LogP contribution in [-0.2, 0) is 11.8 Å². The highest BCUT2D eigenvalue weighted by Gasteiger charge is 2.35. The number of fused-ring (bicyclic) bond motifs is 2. The predicted octanol–water partition coefficient (Wildman–Crippen LogP) is 3.72. The van der Waals surface area contributed by atoms with Gasteiger partial charge in [-0.3, -0.25) is 14.4 Å². The fourth-order valence-electron chi connectivity index (χ4n) is 3.82. The number of amides is 1. The van der Waals surface area contributed by atoms with Crippen molar-refractivity contribution in [3.63, 3.8) is 0 Å². The fraction of sp³-hybridized carbons (Fsp3) is 0.0870. The van der Waals surface area contributed by atoms with E-state index in [-0.39, 0.29) is 11.6 Å². The molecule has 1 atom stereocenters. The van der Waals surface area contributed by atoms with E-state index in [4.69, 9.17) is 4.99 Å². The molecule has 6 nitrogen and oxygen atoms in total. The van der Waals surface area contributed by atoms with Crippen molar-refractivity contribution in [1.82, 2.24) is 9.55 Å². The van der Waals surface area contributed by atoms with E-state index < -0.39 is 5.92 Å². The third-order valence-electron chi connectivity index (χ3n) is 5.27. The van der Waals surface area contributed by atoms with Gasteiger partial charge in [0.15, 0.2) is 0 Å². The summed E-state index contributed by atoms with van der Waals surface area (Å²) in [4.78, 5) is 32.5. The van der Waals surface area contributed by atoms with Gasteiger partial charge in [0, 0.05) is 12.7 Å². The second-order valence-corrected chi connectivity index (χ2v) is 7.06. The molecule has 0 saturated carbocycles. The van der Waals surface area contributed by atoms with E-state index in [0.717, 1.165) is 22.3 Å². The van der Waals surface area contributed by atoms with Crippen molar-refractivity contribution in [3.8, 4) is 0 Å². The van der Waals surface area contributed by atoms with Crippen LogP contribution in [0.2, 0.25) is 0 Å². The molecule has 1 amide bonds. The van der Waals surface area contributed by atoms with E-state index >= 15 is 0 Å². The monoisotopic (exact) mass is 382 g/mol. The molecular formula is C23H18N4O2. The van der Waals surface area contributed by atoms with Crippen LogP contribution in [0.25, 0.3) is 11.0 Å². The number of nitrogens with one attached hydrogen (secondary N) is 2. The maximum absolute atomic E-state index is 12.9. The Bertz CT molecular complexity index is 1330. The van der Waals surface area contributed by atoms with Crippen LogP contribution in [0, 0.1) is 0 Å². The van der Waals surface area contributed by atoms with Crippen LogP contribution in [0.4, 0.5) is 11.4 Å². The molecule has 0 bridgehead atoms. The number of anilines is 1. The molecule has 0 spiro atoms. The number of aliphatic imine (C=N–C) groups is 1. The first-order chi connectivity index (χ1) is 14.1. The number of benzene rings is 3. The number of aromatic amines is 1. The smallest absolute Gasteiger partial charge is 0.325 e. The van der Waals surface area contributed by atoms with Gasteiger partial charge in [0.25, 0.3) is 0 Å². The fourth-order valence-corrected chi connectivity index (χ4v) is 3.82. The second-order valence-electron chi connectivity index (χ2n) is 7.06. The van der Waals surface area contributed by atoms with Crippen molar-refractivity contribution in [2.75, 3.05) is 5.32 Å². The number of H-pyrrole nitrogens is 1.